The Morgan fingerprint density at radius 1 is 1.25 bits per heavy atom. The zero-order valence-corrected chi connectivity index (χ0v) is 11.0. The largest absolute Gasteiger partial charge is 0.508 e. The number of hydrogen-bond donors (Lipinski definition) is 2. The molecule has 3 N–H and O–H groups in total. The van der Waals surface area contributed by atoms with Gasteiger partial charge in [-0.2, -0.15) is 0 Å². The second-order valence-electron chi connectivity index (χ2n) is 5.03. The predicted molar refractivity (Wildman–Crippen MR) is 78.7 cm³/mol. The molecule has 0 aromatic heterocycles. The van der Waals surface area contributed by atoms with Crippen LogP contribution in [0.4, 0.5) is 11.4 Å². The van der Waals surface area contributed by atoms with E-state index < -0.39 is 0 Å². The Morgan fingerprint density at radius 3 is 2.90 bits per heavy atom. The quantitative estimate of drug-likeness (QED) is 0.820. The van der Waals surface area contributed by atoms with Crippen molar-refractivity contribution in [3.05, 3.63) is 53.6 Å². The van der Waals surface area contributed by atoms with Gasteiger partial charge in [0.1, 0.15) is 5.75 Å². The van der Waals surface area contributed by atoms with E-state index in [2.05, 4.69) is 0 Å². The lowest BCUT2D eigenvalue weighted by Crippen LogP contribution is -2.30. The van der Waals surface area contributed by atoms with Gasteiger partial charge in [0.2, 0.25) is 5.91 Å². The number of nitrogen functional groups attached to an aromatic ring is 1. The summed E-state index contributed by atoms with van der Waals surface area (Å²) in [6.45, 7) is 0.691. The fraction of sp³-hybridized carbons (Fsp3) is 0.188. The van der Waals surface area contributed by atoms with Crippen LogP contribution < -0.4 is 10.6 Å². The van der Waals surface area contributed by atoms with Crippen molar-refractivity contribution in [2.45, 2.75) is 12.8 Å². The molecule has 3 rings (SSSR count). The first-order chi connectivity index (χ1) is 9.63. The van der Waals surface area contributed by atoms with Gasteiger partial charge in [0, 0.05) is 17.9 Å². The van der Waals surface area contributed by atoms with Crippen molar-refractivity contribution in [3.63, 3.8) is 0 Å². The number of phenols is 1. The molecule has 2 aromatic rings. The van der Waals surface area contributed by atoms with Crippen LogP contribution in [-0.4, -0.2) is 17.6 Å². The lowest BCUT2D eigenvalue weighted by Gasteiger charge is -2.17. The van der Waals surface area contributed by atoms with Crippen molar-refractivity contribution in [2.24, 2.45) is 0 Å². The van der Waals surface area contributed by atoms with Crippen molar-refractivity contribution in [1.82, 2.24) is 0 Å². The highest BCUT2D eigenvalue weighted by molar-refractivity contribution is 5.97. The molecule has 0 aliphatic carbocycles. The van der Waals surface area contributed by atoms with Gasteiger partial charge in [0.25, 0.3) is 0 Å². The van der Waals surface area contributed by atoms with Crippen molar-refractivity contribution in [3.8, 4) is 5.75 Å². The minimum Gasteiger partial charge on any atom is -0.508 e. The summed E-state index contributed by atoms with van der Waals surface area (Å²) in [5, 5.41) is 9.44. The third-order valence-corrected chi connectivity index (χ3v) is 3.57. The topological polar surface area (TPSA) is 66.6 Å². The molecule has 0 bridgehead atoms. The Bertz CT molecular complexity index is 667. The standard InChI is InChI=1S/C16H16N2O2/c17-13-4-5-15-12(10-13)6-7-18(15)16(20)9-11-2-1-3-14(19)8-11/h1-5,8,10,19H,6-7,9,17H2. The minimum atomic E-state index is 0.0409. The van der Waals surface area contributed by atoms with Crippen LogP contribution in [0.3, 0.4) is 0 Å². The van der Waals surface area contributed by atoms with Gasteiger partial charge in [0.05, 0.1) is 6.42 Å². The predicted octanol–water partition coefficient (Wildman–Crippen LogP) is 2.11. The van der Waals surface area contributed by atoms with E-state index in [0.29, 0.717) is 6.54 Å². The van der Waals surface area contributed by atoms with E-state index in [1.807, 2.05) is 24.3 Å². The highest BCUT2D eigenvalue weighted by Gasteiger charge is 2.24. The summed E-state index contributed by atoms with van der Waals surface area (Å²) < 4.78 is 0. The summed E-state index contributed by atoms with van der Waals surface area (Å²) in [5.41, 5.74) is 9.38. The van der Waals surface area contributed by atoms with Crippen LogP contribution in [0.1, 0.15) is 11.1 Å². The zero-order valence-electron chi connectivity index (χ0n) is 11.0. The minimum absolute atomic E-state index is 0.0409. The average Bonchev–Trinajstić information content (AvgIpc) is 2.81. The van der Waals surface area contributed by atoms with Gasteiger partial charge in [-0.1, -0.05) is 12.1 Å². The molecule has 1 amide bonds. The summed E-state index contributed by atoms with van der Waals surface area (Å²) in [4.78, 5) is 14.2. The smallest absolute Gasteiger partial charge is 0.231 e. The molecule has 20 heavy (non-hydrogen) atoms. The Balaban J connectivity index is 1.80. The number of carbonyl (C=O) groups excluding carboxylic acids is 1. The van der Waals surface area contributed by atoms with Crippen LogP contribution >= 0.6 is 0 Å². The van der Waals surface area contributed by atoms with Gasteiger partial charge >= 0.3 is 0 Å². The fourth-order valence-corrected chi connectivity index (χ4v) is 2.62. The number of benzene rings is 2. The normalized spacial score (nSPS) is 13.3. The number of phenolic OH excluding ortho intramolecular Hbond substituents is 1. The molecule has 1 aliphatic rings. The molecule has 0 atom stereocenters. The molecular weight excluding hydrogens is 252 g/mol. The van der Waals surface area contributed by atoms with Crippen LogP contribution in [0.25, 0.3) is 0 Å². The molecule has 0 saturated carbocycles. The Hall–Kier alpha value is -2.49. The average molecular weight is 268 g/mol. The Morgan fingerprint density at radius 2 is 2.10 bits per heavy atom. The first-order valence-corrected chi connectivity index (χ1v) is 6.60. The highest BCUT2D eigenvalue weighted by atomic mass is 16.3. The van der Waals surface area contributed by atoms with Gasteiger partial charge in [-0.15, -0.1) is 0 Å². The van der Waals surface area contributed by atoms with Crippen molar-refractivity contribution >= 4 is 17.3 Å². The molecule has 0 spiro atoms. The summed E-state index contributed by atoms with van der Waals surface area (Å²) in [6, 6.07) is 12.5. The number of fused-ring (bicyclic) bond motifs is 1. The van der Waals surface area contributed by atoms with Crippen LogP contribution in [0, 0.1) is 0 Å². The number of rotatable bonds is 2. The second-order valence-corrected chi connectivity index (χ2v) is 5.03. The monoisotopic (exact) mass is 268 g/mol. The van der Waals surface area contributed by atoms with Crippen LogP contribution in [0.5, 0.6) is 5.75 Å². The lowest BCUT2D eigenvalue weighted by molar-refractivity contribution is -0.117. The fourth-order valence-electron chi connectivity index (χ4n) is 2.62. The number of nitrogens with zero attached hydrogens (tertiary/aromatic N) is 1. The first-order valence-electron chi connectivity index (χ1n) is 6.60. The van der Waals surface area contributed by atoms with Crippen LogP contribution in [0.15, 0.2) is 42.5 Å². The van der Waals surface area contributed by atoms with E-state index >= 15 is 0 Å². The molecular formula is C16H16N2O2. The van der Waals surface area contributed by atoms with Crippen molar-refractivity contribution < 1.29 is 9.90 Å². The Kier molecular flexibility index (Phi) is 3.06. The van der Waals surface area contributed by atoms with Gasteiger partial charge in [-0.3, -0.25) is 4.79 Å². The molecule has 0 unspecified atom stereocenters. The molecule has 0 radical (unpaired) electrons. The molecule has 2 aromatic carbocycles. The molecule has 1 heterocycles. The van der Waals surface area contributed by atoms with Gasteiger partial charge < -0.3 is 15.7 Å². The van der Waals surface area contributed by atoms with Crippen molar-refractivity contribution in [2.75, 3.05) is 17.2 Å². The molecule has 4 nitrogen and oxygen atoms in total. The summed E-state index contributed by atoms with van der Waals surface area (Å²) in [7, 11) is 0. The van der Waals surface area contributed by atoms with E-state index in [0.717, 1.165) is 28.9 Å². The van der Waals surface area contributed by atoms with E-state index in [9.17, 15) is 9.90 Å². The summed E-state index contributed by atoms with van der Waals surface area (Å²) >= 11 is 0. The lowest BCUT2D eigenvalue weighted by atomic mass is 10.1. The molecule has 4 heteroatoms. The van der Waals surface area contributed by atoms with Gasteiger partial charge in [0.15, 0.2) is 0 Å². The van der Waals surface area contributed by atoms with Crippen LogP contribution in [0.2, 0.25) is 0 Å². The van der Waals surface area contributed by atoms with Crippen LogP contribution in [-0.2, 0) is 17.6 Å². The highest BCUT2D eigenvalue weighted by Crippen LogP contribution is 2.30. The number of carbonyl (C=O) groups is 1. The summed E-state index contributed by atoms with van der Waals surface area (Å²) in [6.07, 6.45) is 1.13. The first kappa shape index (κ1) is 12.5. The maximum atomic E-state index is 12.4. The molecule has 1 aliphatic heterocycles. The number of anilines is 2. The molecule has 0 fully saturated rings. The second kappa shape index (κ2) is 4.89. The van der Waals surface area contributed by atoms with E-state index in [1.165, 1.54) is 0 Å². The maximum Gasteiger partial charge on any atom is 0.231 e. The number of amides is 1. The summed E-state index contributed by atoms with van der Waals surface area (Å²) in [5.74, 6) is 0.226. The van der Waals surface area contributed by atoms with Gasteiger partial charge in [-0.05, 0) is 47.9 Å². The third-order valence-electron chi connectivity index (χ3n) is 3.57. The third kappa shape index (κ3) is 2.32. The maximum absolute atomic E-state index is 12.4. The van der Waals surface area contributed by atoms with Crippen molar-refractivity contribution in [1.29, 1.82) is 0 Å². The number of aromatic hydroxyl groups is 1. The SMILES string of the molecule is Nc1ccc2c(c1)CCN2C(=O)Cc1cccc(O)c1. The van der Waals surface area contributed by atoms with Gasteiger partial charge in [-0.25, -0.2) is 0 Å². The number of nitrogens with two attached hydrogens (primary N) is 1. The Labute approximate surface area is 117 Å². The molecule has 102 valence electrons. The van der Waals surface area contributed by atoms with E-state index in [-0.39, 0.29) is 18.1 Å². The van der Waals surface area contributed by atoms with E-state index in [4.69, 9.17) is 5.73 Å². The van der Waals surface area contributed by atoms with E-state index in [1.54, 1.807) is 23.1 Å². The zero-order chi connectivity index (χ0) is 14.1. The molecule has 0 saturated heterocycles. The number of hydrogen-bond acceptors (Lipinski definition) is 3.